The number of fused-ring (bicyclic) bond motifs is 1. The normalized spacial score (nSPS) is 19.9. The predicted octanol–water partition coefficient (Wildman–Crippen LogP) is 5.72. The number of imidazole rings is 1. The smallest absolute Gasteiger partial charge is 0.166 e. The Morgan fingerprint density at radius 1 is 1.08 bits per heavy atom. The predicted molar refractivity (Wildman–Crippen MR) is 137 cm³/mol. The van der Waals surface area contributed by atoms with Gasteiger partial charge in [0, 0.05) is 24.4 Å². The van der Waals surface area contributed by atoms with Crippen molar-refractivity contribution < 1.29 is 18.3 Å². The molecular weight excluding hydrogens is 498 g/mol. The Hall–Kier alpha value is -3.07. The average molecular weight is 525 g/mol. The van der Waals surface area contributed by atoms with Crippen LogP contribution < -0.4 is 4.74 Å². The van der Waals surface area contributed by atoms with Crippen LogP contribution in [-0.2, 0) is 24.4 Å². The SMILES string of the molecule is Fc1cc(Cl)ccc1OCc1cc([C@H]2CCN(Cc3nc4c(F)cccc4n3C[C@@H]3CCO3)C2)ccn1. The van der Waals surface area contributed by atoms with E-state index in [1.807, 2.05) is 18.2 Å². The van der Waals surface area contributed by atoms with Crippen molar-refractivity contribution >= 4 is 22.6 Å². The van der Waals surface area contributed by atoms with Crippen LogP contribution in [-0.4, -0.2) is 45.2 Å². The van der Waals surface area contributed by atoms with Crippen LogP contribution in [0.4, 0.5) is 8.78 Å². The van der Waals surface area contributed by atoms with Gasteiger partial charge in [0.1, 0.15) is 17.9 Å². The summed E-state index contributed by atoms with van der Waals surface area (Å²) < 4.78 is 41.9. The molecule has 2 saturated heterocycles. The summed E-state index contributed by atoms with van der Waals surface area (Å²) in [6.45, 7) is 4.06. The molecule has 0 bridgehead atoms. The van der Waals surface area contributed by atoms with E-state index in [4.69, 9.17) is 21.1 Å². The molecule has 6 rings (SSSR count). The second-order valence-electron chi connectivity index (χ2n) is 9.69. The molecular formula is C28H27ClF2N4O2. The van der Waals surface area contributed by atoms with E-state index < -0.39 is 5.82 Å². The zero-order valence-corrected chi connectivity index (χ0v) is 21.0. The van der Waals surface area contributed by atoms with Gasteiger partial charge >= 0.3 is 0 Å². The van der Waals surface area contributed by atoms with Crippen LogP contribution in [0.25, 0.3) is 11.0 Å². The minimum absolute atomic E-state index is 0.148. The molecule has 6 nitrogen and oxygen atoms in total. The van der Waals surface area contributed by atoms with Crippen molar-refractivity contribution in [1.29, 1.82) is 0 Å². The summed E-state index contributed by atoms with van der Waals surface area (Å²) in [6.07, 6.45) is 3.94. The van der Waals surface area contributed by atoms with Crippen LogP contribution in [0.3, 0.4) is 0 Å². The van der Waals surface area contributed by atoms with Gasteiger partial charge in [-0.2, -0.15) is 0 Å². The van der Waals surface area contributed by atoms with Gasteiger partial charge in [-0.15, -0.1) is 0 Å². The Morgan fingerprint density at radius 3 is 2.78 bits per heavy atom. The number of aromatic nitrogens is 3. The first-order chi connectivity index (χ1) is 18.0. The molecule has 2 fully saturated rings. The van der Waals surface area contributed by atoms with Crippen LogP contribution in [0.2, 0.25) is 5.02 Å². The Kier molecular flexibility index (Phi) is 6.80. The van der Waals surface area contributed by atoms with E-state index in [1.165, 1.54) is 23.8 Å². The first-order valence-electron chi connectivity index (χ1n) is 12.5. The van der Waals surface area contributed by atoms with Crippen molar-refractivity contribution in [2.24, 2.45) is 0 Å². The Labute approximate surface area is 218 Å². The van der Waals surface area contributed by atoms with Gasteiger partial charge in [0.2, 0.25) is 0 Å². The lowest BCUT2D eigenvalue weighted by molar-refractivity contribution is -0.0591. The van der Waals surface area contributed by atoms with E-state index in [2.05, 4.69) is 19.4 Å². The maximum atomic E-state index is 14.5. The molecule has 2 aromatic heterocycles. The van der Waals surface area contributed by atoms with E-state index in [-0.39, 0.29) is 24.3 Å². The minimum Gasteiger partial charge on any atom is -0.484 e. The molecule has 37 heavy (non-hydrogen) atoms. The third-order valence-corrected chi connectivity index (χ3v) is 7.44. The zero-order valence-electron chi connectivity index (χ0n) is 20.2. The average Bonchev–Trinajstić information content (AvgIpc) is 3.47. The van der Waals surface area contributed by atoms with Gasteiger partial charge in [-0.05, 0) is 73.3 Å². The summed E-state index contributed by atoms with van der Waals surface area (Å²) in [5.41, 5.74) is 3.15. The molecule has 9 heteroatoms. The van der Waals surface area contributed by atoms with Crippen LogP contribution in [0.1, 0.15) is 35.8 Å². The first kappa shape index (κ1) is 24.3. The highest BCUT2D eigenvalue weighted by molar-refractivity contribution is 6.30. The molecule has 2 aromatic carbocycles. The van der Waals surface area contributed by atoms with Crippen molar-refractivity contribution in [1.82, 2.24) is 19.4 Å². The van der Waals surface area contributed by atoms with Crippen LogP contribution in [0.15, 0.2) is 54.7 Å². The summed E-state index contributed by atoms with van der Waals surface area (Å²) in [7, 11) is 0. The fourth-order valence-corrected chi connectivity index (χ4v) is 5.30. The minimum atomic E-state index is -0.495. The number of nitrogens with zero attached hydrogens (tertiary/aromatic N) is 4. The Morgan fingerprint density at radius 2 is 1.97 bits per heavy atom. The quantitative estimate of drug-likeness (QED) is 0.295. The lowest BCUT2D eigenvalue weighted by atomic mass is 9.99. The van der Waals surface area contributed by atoms with E-state index in [0.717, 1.165) is 49.6 Å². The van der Waals surface area contributed by atoms with Gasteiger partial charge in [0.25, 0.3) is 0 Å². The van der Waals surface area contributed by atoms with E-state index in [9.17, 15) is 8.78 Å². The standard InChI is InChI=1S/C28H27ClF2N4O2/c29-20-4-5-26(24(31)13-20)37-17-21-12-18(6-9-32-21)19-7-10-34(14-19)16-27-33-28-23(30)2-1-3-25(28)35(27)15-22-8-11-36-22/h1-6,9,12-13,19,22H,7-8,10-11,14-17H2/t19-,22-/m0/s1. The number of ether oxygens (including phenoxy) is 2. The maximum Gasteiger partial charge on any atom is 0.166 e. The summed E-state index contributed by atoms with van der Waals surface area (Å²) in [4.78, 5) is 11.4. The van der Waals surface area contributed by atoms with Crippen LogP contribution in [0, 0.1) is 11.6 Å². The first-order valence-corrected chi connectivity index (χ1v) is 12.9. The van der Waals surface area contributed by atoms with Crippen molar-refractivity contribution in [2.45, 2.75) is 44.6 Å². The molecule has 4 heterocycles. The van der Waals surface area contributed by atoms with Gasteiger partial charge in [-0.1, -0.05) is 17.7 Å². The maximum absolute atomic E-state index is 14.5. The lowest BCUT2D eigenvalue weighted by Gasteiger charge is -2.28. The van der Waals surface area contributed by atoms with Crippen LogP contribution in [0.5, 0.6) is 5.75 Å². The molecule has 0 radical (unpaired) electrons. The van der Waals surface area contributed by atoms with Gasteiger partial charge in [0.05, 0.1) is 30.4 Å². The number of hydrogen-bond acceptors (Lipinski definition) is 5. The molecule has 2 atom stereocenters. The van der Waals surface area contributed by atoms with Gasteiger partial charge in [-0.3, -0.25) is 9.88 Å². The molecule has 4 aromatic rings. The van der Waals surface area contributed by atoms with Gasteiger partial charge in [-0.25, -0.2) is 13.8 Å². The van der Waals surface area contributed by atoms with Gasteiger partial charge in [0.15, 0.2) is 17.4 Å². The second-order valence-corrected chi connectivity index (χ2v) is 10.1. The highest BCUT2D eigenvalue weighted by atomic mass is 35.5. The Balaban J connectivity index is 1.14. The summed E-state index contributed by atoms with van der Waals surface area (Å²) in [6, 6.07) is 13.5. The molecule has 0 saturated carbocycles. The zero-order chi connectivity index (χ0) is 25.4. The van der Waals surface area contributed by atoms with Crippen molar-refractivity contribution in [3.63, 3.8) is 0 Å². The molecule has 192 valence electrons. The highest BCUT2D eigenvalue weighted by Gasteiger charge is 2.28. The largest absolute Gasteiger partial charge is 0.484 e. The number of para-hydroxylation sites is 1. The third-order valence-electron chi connectivity index (χ3n) is 7.21. The van der Waals surface area contributed by atoms with Crippen molar-refractivity contribution in [3.8, 4) is 5.75 Å². The van der Waals surface area contributed by atoms with Crippen molar-refractivity contribution in [3.05, 3.63) is 88.5 Å². The molecule has 2 aliphatic heterocycles. The highest BCUT2D eigenvalue weighted by Crippen LogP contribution is 2.30. The summed E-state index contributed by atoms with van der Waals surface area (Å²) >= 11 is 5.82. The van der Waals surface area contributed by atoms with E-state index >= 15 is 0 Å². The fraction of sp³-hybridized carbons (Fsp3) is 0.357. The summed E-state index contributed by atoms with van der Waals surface area (Å²) in [5, 5.41) is 0.327. The third kappa shape index (κ3) is 5.19. The number of likely N-dealkylation sites (tertiary alicyclic amines) is 1. The van der Waals surface area contributed by atoms with E-state index in [0.29, 0.717) is 29.5 Å². The Bertz CT molecular complexity index is 1420. The van der Waals surface area contributed by atoms with Gasteiger partial charge < -0.3 is 14.0 Å². The second kappa shape index (κ2) is 10.4. The van der Waals surface area contributed by atoms with Crippen molar-refractivity contribution in [2.75, 3.05) is 19.7 Å². The van der Waals surface area contributed by atoms with E-state index in [1.54, 1.807) is 18.3 Å². The number of hydrogen-bond donors (Lipinski definition) is 0. The number of pyridine rings is 1. The van der Waals surface area contributed by atoms with Crippen LogP contribution >= 0.6 is 11.6 Å². The molecule has 0 spiro atoms. The topological polar surface area (TPSA) is 52.4 Å². The molecule has 0 amide bonds. The number of benzene rings is 2. The molecule has 2 aliphatic rings. The number of rotatable bonds is 8. The fourth-order valence-electron chi connectivity index (χ4n) is 5.14. The molecule has 0 N–H and O–H groups in total. The summed E-state index contributed by atoms with van der Waals surface area (Å²) in [5.74, 6) is 0.556. The molecule has 0 aliphatic carbocycles. The monoisotopic (exact) mass is 524 g/mol. The number of halogens is 3. The lowest BCUT2D eigenvalue weighted by Crippen LogP contribution is -2.32. The molecule has 0 unspecified atom stereocenters.